The molecule has 0 spiro atoms. The third-order valence-corrected chi connectivity index (χ3v) is 4.84. The van der Waals surface area contributed by atoms with Crippen LogP contribution in [-0.4, -0.2) is 76.1 Å². The first-order valence-corrected chi connectivity index (χ1v) is 8.46. The molecule has 0 unspecified atom stereocenters. The minimum atomic E-state index is 0.369. The van der Waals surface area contributed by atoms with Crippen LogP contribution in [-0.2, 0) is 16.0 Å². The monoisotopic (exact) mass is 320 g/mol. The maximum atomic E-state index is 6.10. The first-order chi connectivity index (χ1) is 11.3. The third kappa shape index (κ3) is 4.44. The molecule has 0 saturated carbocycles. The fourth-order valence-electron chi connectivity index (χ4n) is 3.63. The van der Waals surface area contributed by atoms with Crippen molar-refractivity contribution in [2.24, 2.45) is 5.92 Å². The minimum absolute atomic E-state index is 0.369. The molecule has 2 saturated heterocycles. The smallest absolute Gasteiger partial charge is 0.119 e. The maximum Gasteiger partial charge on any atom is 0.119 e. The Labute approximate surface area is 139 Å². The first kappa shape index (κ1) is 16.7. The molecule has 2 aliphatic rings. The van der Waals surface area contributed by atoms with Crippen molar-refractivity contribution >= 4 is 0 Å². The molecule has 0 bridgehead atoms. The molecular weight excluding hydrogens is 292 g/mol. The number of rotatable bonds is 6. The Hall–Kier alpha value is -1.14. The Bertz CT molecular complexity index is 495. The summed E-state index contributed by atoms with van der Waals surface area (Å²) in [4.78, 5) is 4.98. The van der Waals surface area contributed by atoms with Gasteiger partial charge in [0.05, 0.1) is 26.4 Å². The number of hydrogen-bond acceptors (Lipinski definition) is 5. The van der Waals surface area contributed by atoms with E-state index in [2.05, 4.69) is 28.0 Å². The van der Waals surface area contributed by atoms with E-state index in [9.17, 15) is 0 Å². The summed E-state index contributed by atoms with van der Waals surface area (Å²) in [5, 5.41) is 0. The lowest BCUT2D eigenvalue weighted by Gasteiger charge is -2.23. The molecule has 3 rings (SSSR count). The molecule has 1 aromatic carbocycles. The van der Waals surface area contributed by atoms with Crippen LogP contribution in [0.4, 0.5) is 0 Å². The normalized spacial score (nSPS) is 26.0. The van der Waals surface area contributed by atoms with Gasteiger partial charge in [0.2, 0.25) is 0 Å². The number of likely N-dealkylation sites (tertiary alicyclic amines) is 1. The van der Waals surface area contributed by atoms with Crippen LogP contribution in [0.15, 0.2) is 24.3 Å². The lowest BCUT2D eigenvalue weighted by Crippen LogP contribution is -2.34. The van der Waals surface area contributed by atoms with Crippen molar-refractivity contribution in [3.05, 3.63) is 29.8 Å². The zero-order valence-corrected chi connectivity index (χ0v) is 14.2. The fraction of sp³-hybridized carbons (Fsp3) is 0.667. The Balaban J connectivity index is 1.56. The van der Waals surface area contributed by atoms with E-state index in [0.29, 0.717) is 12.0 Å². The lowest BCUT2D eigenvalue weighted by molar-refractivity contribution is 0.0507. The van der Waals surface area contributed by atoms with Crippen LogP contribution < -0.4 is 4.74 Å². The SMILES string of the molecule is COCCN1CCO[C@@H]2CN(Cc3cccc(OC)c3)C[C@@H]2C1. The van der Waals surface area contributed by atoms with E-state index < -0.39 is 0 Å². The molecule has 23 heavy (non-hydrogen) atoms. The number of ether oxygens (including phenoxy) is 3. The Morgan fingerprint density at radius 2 is 2.04 bits per heavy atom. The molecule has 0 amide bonds. The average Bonchev–Trinajstić information content (AvgIpc) is 2.83. The van der Waals surface area contributed by atoms with Crippen LogP contribution in [0.5, 0.6) is 5.75 Å². The van der Waals surface area contributed by atoms with Gasteiger partial charge in [-0.05, 0) is 17.7 Å². The number of benzene rings is 1. The van der Waals surface area contributed by atoms with Crippen molar-refractivity contribution in [2.45, 2.75) is 12.6 Å². The molecule has 2 fully saturated rings. The minimum Gasteiger partial charge on any atom is -0.497 e. The van der Waals surface area contributed by atoms with Crippen molar-refractivity contribution < 1.29 is 14.2 Å². The van der Waals surface area contributed by atoms with E-state index in [1.165, 1.54) is 5.56 Å². The van der Waals surface area contributed by atoms with Crippen LogP contribution >= 0.6 is 0 Å². The molecule has 2 atom stereocenters. The van der Waals surface area contributed by atoms with Crippen molar-refractivity contribution in [1.29, 1.82) is 0 Å². The summed E-state index contributed by atoms with van der Waals surface area (Å²) in [5.74, 6) is 1.53. The fourth-order valence-corrected chi connectivity index (χ4v) is 3.63. The summed E-state index contributed by atoms with van der Waals surface area (Å²) in [6.07, 6.45) is 0.369. The van der Waals surface area contributed by atoms with Crippen LogP contribution in [0, 0.1) is 5.92 Å². The largest absolute Gasteiger partial charge is 0.497 e. The molecule has 0 aliphatic carbocycles. The molecule has 2 heterocycles. The molecule has 2 aliphatic heterocycles. The van der Waals surface area contributed by atoms with Gasteiger partial charge in [0.15, 0.2) is 0 Å². The van der Waals surface area contributed by atoms with E-state index in [-0.39, 0.29) is 0 Å². The molecular formula is C18H28N2O3. The predicted octanol–water partition coefficient (Wildman–Crippen LogP) is 1.47. The molecule has 0 N–H and O–H groups in total. The predicted molar refractivity (Wildman–Crippen MR) is 89.8 cm³/mol. The lowest BCUT2D eigenvalue weighted by atomic mass is 10.1. The van der Waals surface area contributed by atoms with Crippen LogP contribution in [0.1, 0.15) is 5.56 Å². The van der Waals surface area contributed by atoms with Crippen LogP contribution in [0.25, 0.3) is 0 Å². The van der Waals surface area contributed by atoms with Crippen molar-refractivity contribution in [3.63, 3.8) is 0 Å². The number of hydrogen-bond donors (Lipinski definition) is 0. The average molecular weight is 320 g/mol. The summed E-state index contributed by atoms with van der Waals surface area (Å²) in [7, 11) is 3.48. The second-order valence-corrected chi connectivity index (χ2v) is 6.51. The van der Waals surface area contributed by atoms with Gasteiger partial charge in [0.25, 0.3) is 0 Å². The molecule has 128 valence electrons. The van der Waals surface area contributed by atoms with E-state index in [0.717, 1.165) is 58.2 Å². The topological polar surface area (TPSA) is 34.2 Å². The van der Waals surface area contributed by atoms with Crippen molar-refractivity contribution in [3.8, 4) is 5.75 Å². The second-order valence-electron chi connectivity index (χ2n) is 6.51. The Morgan fingerprint density at radius 3 is 2.87 bits per heavy atom. The van der Waals surface area contributed by atoms with Gasteiger partial charge < -0.3 is 14.2 Å². The van der Waals surface area contributed by atoms with Gasteiger partial charge in [0.1, 0.15) is 5.75 Å². The first-order valence-electron chi connectivity index (χ1n) is 8.46. The molecule has 1 aromatic rings. The van der Waals surface area contributed by atoms with E-state index >= 15 is 0 Å². The number of nitrogens with zero attached hydrogens (tertiary/aromatic N) is 2. The van der Waals surface area contributed by atoms with Gasteiger partial charge >= 0.3 is 0 Å². The number of fused-ring (bicyclic) bond motifs is 1. The second kappa shape index (κ2) is 8.11. The zero-order valence-electron chi connectivity index (χ0n) is 14.2. The standard InChI is InChI=1S/C18H28N2O3/c1-21-8-6-19-7-9-23-18-14-20(13-16(18)12-19)11-15-4-3-5-17(10-15)22-2/h3-5,10,16,18H,6-9,11-14H2,1-2H3/t16-,18+/m0/s1. The molecule has 5 heteroatoms. The van der Waals surface area contributed by atoms with Crippen molar-refractivity contribution in [1.82, 2.24) is 9.80 Å². The Morgan fingerprint density at radius 1 is 1.17 bits per heavy atom. The van der Waals surface area contributed by atoms with E-state index in [1.807, 2.05) is 6.07 Å². The molecule has 0 aromatic heterocycles. The highest BCUT2D eigenvalue weighted by Crippen LogP contribution is 2.25. The summed E-state index contributed by atoms with van der Waals surface area (Å²) in [5.41, 5.74) is 1.30. The van der Waals surface area contributed by atoms with E-state index in [4.69, 9.17) is 14.2 Å². The van der Waals surface area contributed by atoms with Crippen molar-refractivity contribution in [2.75, 3.05) is 60.2 Å². The molecule has 5 nitrogen and oxygen atoms in total. The highest BCUT2D eigenvalue weighted by atomic mass is 16.5. The highest BCUT2D eigenvalue weighted by molar-refractivity contribution is 5.28. The summed E-state index contributed by atoms with van der Waals surface area (Å²) < 4.78 is 16.6. The van der Waals surface area contributed by atoms with Gasteiger partial charge in [0, 0.05) is 52.3 Å². The summed E-state index contributed by atoms with van der Waals surface area (Å²) >= 11 is 0. The number of methoxy groups -OCH3 is 2. The zero-order chi connectivity index (χ0) is 16.1. The van der Waals surface area contributed by atoms with Gasteiger partial charge in [-0.3, -0.25) is 9.80 Å². The van der Waals surface area contributed by atoms with E-state index in [1.54, 1.807) is 14.2 Å². The Kier molecular flexibility index (Phi) is 5.89. The van der Waals surface area contributed by atoms with Gasteiger partial charge in [-0.2, -0.15) is 0 Å². The maximum absolute atomic E-state index is 6.10. The summed E-state index contributed by atoms with van der Waals surface area (Å²) in [6.45, 7) is 7.85. The molecule has 0 radical (unpaired) electrons. The highest BCUT2D eigenvalue weighted by Gasteiger charge is 2.36. The quantitative estimate of drug-likeness (QED) is 0.793. The summed E-state index contributed by atoms with van der Waals surface area (Å²) in [6, 6.07) is 8.35. The van der Waals surface area contributed by atoms with Gasteiger partial charge in [-0.1, -0.05) is 12.1 Å². The van der Waals surface area contributed by atoms with Crippen LogP contribution in [0.2, 0.25) is 0 Å². The third-order valence-electron chi connectivity index (χ3n) is 4.84. The van der Waals surface area contributed by atoms with Gasteiger partial charge in [-0.15, -0.1) is 0 Å². The van der Waals surface area contributed by atoms with Gasteiger partial charge in [-0.25, -0.2) is 0 Å². The van der Waals surface area contributed by atoms with Crippen LogP contribution in [0.3, 0.4) is 0 Å².